The first kappa shape index (κ1) is 22.1. The van der Waals surface area contributed by atoms with Crippen molar-refractivity contribution in [2.45, 2.75) is 32.2 Å². The lowest BCUT2D eigenvalue weighted by Crippen LogP contribution is -2.48. The normalized spacial score (nSPS) is 18.4. The molecule has 1 fully saturated rings. The third-order valence-corrected chi connectivity index (χ3v) is 6.90. The molecule has 1 aliphatic heterocycles. The Bertz CT molecular complexity index is 1050. The molecule has 0 aliphatic carbocycles. The highest BCUT2D eigenvalue weighted by atomic mass is 32.1. The largest absolute Gasteiger partial charge is 0.497 e. The molecule has 1 N–H and O–H groups in total. The van der Waals surface area contributed by atoms with Gasteiger partial charge in [0.25, 0.3) is 0 Å². The third kappa shape index (κ3) is 4.86. The molecule has 3 aromatic rings. The summed E-state index contributed by atoms with van der Waals surface area (Å²) in [5.74, 6) is 0.597. The number of anilines is 1. The quantitative estimate of drug-likeness (QED) is 0.559. The summed E-state index contributed by atoms with van der Waals surface area (Å²) in [6, 6.07) is 19.5. The summed E-state index contributed by atoms with van der Waals surface area (Å²) in [7, 11) is 1.65. The van der Waals surface area contributed by atoms with Crippen molar-refractivity contribution < 1.29 is 14.3 Å². The summed E-state index contributed by atoms with van der Waals surface area (Å²) in [4.78, 5) is 29.1. The molecule has 2 aromatic carbocycles. The van der Waals surface area contributed by atoms with Crippen LogP contribution in [0.1, 0.15) is 34.9 Å². The van der Waals surface area contributed by atoms with E-state index in [1.165, 1.54) is 0 Å². The lowest BCUT2D eigenvalue weighted by Gasteiger charge is -2.40. The van der Waals surface area contributed by atoms with Crippen LogP contribution in [0.5, 0.6) is 5.75 Å². The molecule has 5 nitrogen and oxygen atoms in total. The number of rotatable bonds is 7. The topological polar surface area (TPSA) is 58.6 Å². The Kier molecular flexibility index (Phi) is 6.90. The third-order valence-electron chi connectivity index (χ3n) is 5.95. The van der Waals surface area contributed by atoms with Crippen molar-refractivity contribution in [1.82, 2.24) is 5.32 Å². The summed E-state index contributed by atoms with van der Waals surface area (Å²) in [5, 5.41) is 5.11. The van der Waals surface area contributed by atoms with Gasteiger partial charge in [-0.05, 0) is 61.0 Å². The molecule has 6 heteroatoms. The number of nitrogens with one attached hydrogen (secondary N) is 1. The summed E-state index contributed by atoms with van der Waals surface area (Å²) < 4.78 is 5.20. The van der Waals surface area contributed by atoms with Gasteiger partial charge in [0.1, 0.15) is 5.75 Å². The molecule has 0 radical (unpaired) electrons. The Morgan fingerprint density at radius 3 is 2.53 bits per heavy atom. The standard InChI is InChI=1S/C26H28N2O3S/c1-18-5-9-20(10-6-18)28-24(29)14-13-22(25(28)23-4-3-17-32-23)26(30)27-16-15-19-7-11-21(31-2)12-8-19/h3-12,17,22,25H,13-16H2,1-2H3,(H,27,30). The first-order valence-corrected chi connectivity index (χ1v) is 11.8. The van der Waals surface area contributed by atoms with Gasteiger partial charge in [-0.3, -0.25) is 9.59 Å². The molecule has 1 aliphatic rings. The summed E-state index contributed by atoms with van der Waals surface area (Å²) in [6.07, 6.45) is 1.66. The molecule has 1 aromatic heterocycles. The van der Waals surface area contributed by atoms with Crippen LogP contribution in [0.3, 0.4) is 0 Å². The monoisotopic (exact) mass is 448 g/mol. The number of aryl methyl sites for hydroxylation is 1. The average molecular weight is 449 g/mol. The number of nitrogens with zero attached hydrogens (tertiary/aromatic N) is 1. The Morgan fingerprint density at radius 2 is 1.88 bits per heavy atom. The zero-order chi connectivity index (χ0) is 22.5. The number of piperidine rings is 1. The van der Waals surface area contributed by atoms with Crippen LogP contribution in [0.4, 0.5) is 5.69 Å². The van der Waals surface area contributed by atoms with E-state index < -0.39 is 0 Å². The van der Waals surface area contributed by atoms with E-state index in [0.29, 0.717) is 19.4 Å². The summed E-state index contributed by atoms with van der Waals surface area (Å²) in [6.45, 7) is 2.58. The molecule has 32 heavy (non-hydrogen) atoms. The van der Waals surface area contributed by atoms with Crippen LogP contribution < -0.4 is 15.0 Å². The minimum Gasteiger partial charge on any atom is -0.497 e. The predicted octanol–water partition coefficient (Wildman–Crippen LogP) is 4.91. The number of methoxy groups -OCH3 is 1. The van der Waals surface area contributed by atoms with E-state index in [0.717, 1.165) is 33.9 Å². The molecule has 2 atom stereocenters. The Hall–Kier alpha value is -3.12. The smallest absolute Gasteiger partial charge is 0.227 e. The van der Waals surface area contributed by atoms with Gasteiger partial charge in [-0.15, -0.1) is 11.3 Å². The maximum Gasteiger partial charge on any atom is 0.227 e. The summed E-state index contributed by atoms with van der Waals surface area (Å²) in [5.41, 5.74) is 3.12. The van der Waals surface area contributed by atoms with E-state index in [2.05, 4.69) is 5.32 Å². The van der Waals surface area contributed by atoms with Gasteiger partial charge in [-0.25, -0.2) is 0 Å². The fourth-order valence-electron chi connectivity index (χ4n) is 4.22. The first-order valence-electron chi connectivity index (χ1n) is 10.9. The zero-order valence-corrected chi connectivity index (χ0v) is 19.2. The number of thiophene rings is 1. The number of amides is 2. The van der Waals surface area contributed by atoms with E-state index in [4.69, 9.17) is 4.74 Å². The minimum atomic E-state index is -0.292. The minimum absolute atomic E-state index is 0.00141. The zero-order valence-electron chi connectivity index (χ0n) is 18.4. The number of carbonyl (C=O) groups excluding carboxylic acids is 2. The maximum absolute atomic E-state index is 13.3. The van der Waals surface area contributed by atoms with Gasteiger partial charge in [0.05, 0.1) is 19.1 Å². The number of hydrogen-bond acceptors (Lipinski definition) is 4. The molecule has 0 spiro atoms. The van der Waals surface area contributed by atoms with E-state index in [1.807, 2.05) is 77.9 Å². The van der Waals surface area contributed by atoms with Gasteiger partial charge in [0.15, 0.2) is 0 Å². The average Bonchev–Trinajstić information content (AvgIpc) is 3.34. The van der Waals surface area contributed by atoms with Crippen molar-refractivity contribution in [3.8, 4) is 5.75 Å². The van der Waals surface area contributed by atoms with Gasteiger partial charge >= 0.3 is 0 Å². The Labute approximate surface area is 193 Å². The molecular formula is C26H28N2O3S. The predicted molar refractivity (Wildman–Crippen MR) is 128 cm³/mol. The van der Waals surface area contributed by atoms with Crippen molar-refractivity contribution in [3.05, 3.63) is 82.0 Å². The fourth-order valence-corrected chi connectivity index (χ4v) is 5.10. The molecule has 0 bridgehead atoms. The van der Waals surface area contributed by atoms with E-state index >= 15 is 0 Å². The number of carbonyl (C=O) groups is 2. The van der Waals surface area contributed by atoms with Crippen molar-refractivity contribution in [1.29, 1.82) is 0 Å². The van der Waals surface area contributed by atoms with Crippen LogP contribution in [0.15, 0.2) is 66.0 Å². The van der Waals surface area contributed by atoms with Gasteiger partial charge < -0.3 is 15.0 Å². The second kappa shape index (κ2) is 10.0. The van der Waals surface area contributed by atoms with Crippen molar-refractivity contribution in [2.24, 2.45) is 5.92 Å². The van der Waals surface area contributed by atoms with Crippen LogP contribution in [0.2, 0.25) is 0 Å². The second-order valence-electron chi connectivity index (χ2n) is 8.09. The van der Waals surface area contributed by atoms with Crippen molar-refractivity contribution in [2.75, 3.05) is 18.6 Å². The SMILES string of the molecule is COc1ccc(CCNC(=O)C2CCC(=O)N(c3ccc(C)cc3)C2c2cccs2)cc1. The second-order valence-corrected chi connectivity index (χ2v) is 9.07. The molecule has 166 valence electrons. The van der Waals surface area contributed by atoms with Gasteiger partial charge in [0.2, 0.25) is 11.8 Å². The van der Waals surface area contributed by atoms with Crippen LogP contribution in [0.25, 0.3) is 0 Å². The van der Waals surface area contributed by atoms with Crippen LogP contribution >= 0.6 is 11.3 Å². The lowest BCUT2D eigenvalue weighted by molar-refractivity contribution is -0.129. The maximum atomic E-state index is 13.3. The number of ether oxygens (including phenoxy) is 1. The highest BCUT2D eigenvalue weighted by Crippen LogP contribution is 2.41. The van der Waals surface area contributed by atoms with Crippen molar-refractivity contribution in [3.63, 3.8) is 0 Å². The molecule has 0 saturated carbocycles. The lowest BCUT2D eigenvalue weighted by atomic mass is 9.86. The number of benzene rings is 2. The van der Waals surface area contributed by atoms with Crippen molar-refractivity contribution >= 4 is 28.8 Å². The van der Waals surface area contributed by atoms with Crippen LogP contribution in [-0.2, 0) is 16.0 Å². The number of hydrogen-bond donors (Lipinski definition) is 1. The Morgan fingerprint density at radius 1 is 1.12 bits per heavy atom. The van der Waals surface area contributed by atoms with Crippen LogP contribution in [-0.4, -0.2) is 25.5 Å². The van der Waals surface area contributed by atoms with Gasteiger partial charge in [-0.2, -0.15) is 0 Å². The van der Waals surface area contributed by atoms with Gasteiger partial charge in [-0.1, -0.05) is 35.9 Å². The van der Waals surface area contributed by atoms with Crippen LogP contribution in [0, 0.1) is 12.8 Å². The Balaban J connectivity index is 1.51. The van der Waals surface area contributed by atoms with E-state index in [-0.39, 0.29) is 23.8 Å². The van der Waals surface area contributed by atoms with E-state index in [1.54, 1.807) is 18.4 Å². The molecular weight excluding hydrogens is 420 g/mol. The highest BCUT2D eigenvalue weighted by Gasteiger charge is 2.41. The fraction of sp³-hybridized carbons (Fsp3) is 0.308. The first-order chi connectivity index (χ1) is 15.6. The molecule has 2 heterocycles. The molecule has 1 saturated heterocycles. The molecule has 4 rings (SSSR count). The molecule has 2 unspecified atom stereocenters. The van der Waals surface area contributed by atoms with E-state index in [9.17, 15) is 9.59 Å². The summed E-state index contributed by atoms with van der Waals surface area (Å²) >= 11 is 1.59. The molecule has 2 amide bonds. The van der Waals surface area contributed by atoms with Gasteiger partial charge in [0, 0.05) is 23.5 Å². The highest BCUT2D eigenvalue weighted by molar-refractivity contribution is 7.10.